The van der Waals surface area contributed by atoms with E-state index in [0.29, 0.717) is 30.7 Å². The van der Waals surface area contributed by atoms with Crippen molar-refractivity contribution in [2.24, 2.45) is 17.8 Å². The van der Waals surface area contributed by atoms with E-state index in [1.165, 1.54) is 4.90 Å². The number of benzene rings is 1. The molecule has 0 aromatic heterocycles. The van der Waals surface area contributed by atoms with Crippen LogP contribution in [-0.4, -0.2) is 71.9 Å². The van der Waals surface area contributed by atoms with Crippen molar-refractivity contribution in [3.8, 4) is 5.75 Å². The first-order chi connectivity index (χ1) is 16.3. The Hall–Kier alpha value is -2.65. The van der Waals surface area contributed by atoms with Crippen LogP contribution >= 0.6 is 0 Å². The highest BCUT2D eigenvalue weighted by Gasteiger charge is 2.75. The predicted octanol–water partition coefficient (Wildman–Crippen LogP) is 1.98. The molecule has 34 heavy (non-hydrogen) atoms. The van der Waals surface area contributed by atoms with Gasteiger partial charge in [-0.15, -0.1) is 0 Å². The Morgan fingerprint density at radius 1 is 1.29 bits per heavy atom. The third kappa shape index (κ3) is 3.94. The van der Waals surface area contributed by atoms with Crippen LogP contribution in [0, 0.1) is 17.8 Å². The lowest BCUT2D eigenvalue weighted by Crippen LogP contribution is -2.56. The molecule has 3 saturated heterocycles. The van der Waals surface area contributed by atoms with Crippen LogP contribution in [0.4, 0.5) is 5.69 Å². The highest BCUT2D eigenvalue weighted by molar-refractivity contribution is 6.03. The normalized spacial score (nSPS) is 30.4. The first-order valence-corrected chi connectivity index (χ1v) is 12.0. The van der Waals surface area contributed by atoms with Gasteiger partial charge in [0.15, 0.2) is 0 Å². The third-order valence-corrected chi connectivity index (χ3v) is 7.25. The van der Waals surface area contributed by atoms with Gasteiger partial charge >= 0.3 is 5.97 Å². The number of carbonyl (C=O) groups is 3. The highest BCUT2D eigenvalue weighted by Crippen LogP contribution is 2.59. The molecular weight excluding hydrogens is 440 g/mol. The average molecular weight is 475 g/mol. The minimum absolute atomic E-state index is 0.186. The minimum atomic E-state index is -1.12. The molecule has 9 nitrogen and oxygen atoms in total. The summed E-state index contributed by atoms with van der Waals surface area (Å²) in [5, 5.41) is 13.1. The lowest BCUT2D eigenvalue weighted by atomic mass is 9.70. The summed E-state index contributed by atoms with van der Waals surface area (Å²) in [6, 6.07) is 5.38. The minimum Gasteiger partial charge on any atom is -0.497 e. The number of likely N-dealkylation sites (tertiary alicyclic amines) is 1. The Bertz CT molecular complexity index is 934. The zero-order valence-corrected chi connectivity index (χ0v) is 20.2. The first kappa shape index (κ1) is 24.5. The van der Waals surface area contributed by atoms with Gasteiger partial charge in [0.1, 0.15) is 17.4 Å². The van der Waals surface area contributed by atoms with Crippen molar-refractivity contribution in [2.45, 2.75) is 63.8 Å². The smallest absolute Gasteiger partial charge is 0.312 e. The van der Waals surface area contributed by atoms with Gasteiger partial charge in [-0.25, -0.2) is 0 Å². The quantitative estimate of drug-likeness (QED) is 0.526. The largest absolute Gasteiger partial charge is 0.497 e. The van der Waals surface area contributed by atoms with Gasteiger partial charge in [0.05, 0.1) is 44.3 Å². The fourth-order valence-corrected chi connectivity index (χ4v) is 6.00. The summed E-state index contributed by atoms with van der Waals surface area (Å²) in [6.45, 7) is 5.64. The monoisotopic (exact) mass is 474 g/mol. The van der Waals surface area contributed by atoms with E-state index in [9.17, 15) is 19.5 Å². The van der Waals surface area contributed by atoms with Crippen molar-refractivity contribution < 1.29 is 33.7 Å². The Labute approximate surface area is 199 Å². The zero-order chi connectivity index (χ0) is 24.6. The second kappa shape index (κ2) is 9.54. The molecule has 4 rings (SSSR count). The van der Waals surface area contributed by atoms with E-state index < -0.39 is 47.5 Å². The molecule has 0 radical (unpaired) electrons. The van der Waals surface area contributed by atoms with Gasteiger partial charge < -0.3 is 29.5 Å². The van der Waals surface area contributed by atoms with Crippen LogP contribution in [0.15, 0.2) is 24.3 Å². The van der Waals surface area contributed by atoms with Crippen molar-refractivity contribution in [1.29, 1.82) is 0 Å². The van der Waals surface area contributed by atoms with Gasteiger partial charge in [-0.2, -0.15) is 0 Å². The molecule has 1 spiro atoms. The Balaban J connectivity index is 1.71. The Morgan fingerprint density at radius 3 is 2.59 bits per heavy atom. The number of fused-ring (bicyclic) bond motifs is 1. The first-order valence-electron chi connectivity index (χ1n) is 12.0. The molecule has 0 saturated carbocycles. The molecule has 3 heterocycles. The van der Waals surface area contributed by atoms with Crippen LogP contribution in [0.1, 0.15) is 40.0 Å². The molecule has 0 aliphatic carbocycles. The predicted molar refractivity (Wildman–Crippen MR) is 123 cm³/mol. The van der Waals surface area contributed by atoms with Gasteiger partial charge in [0.25, 0.3) is 0 Å². The highest BCUT2D eigenvalue weighted by atomic mass is 16.6. The number of anilines is 1. The van der Waals surface area contributed by atoms with Crippen LogP contribution in [0.5, 0.6) is 5.75 Å². The number of ether oxygens (including phenoxy) is 3. The number of hydrogen-bond acceptors (Lipinski definition) is 7. The van der Waals surface area contributed by atoms with Crippen LogP contribution in [0.3, 0.4) is 0 Å². The molecule has 186 valence electrons. The Kier molecular flexibility index (Phi) is 6.87. The van der Waals surface area contributed by atoms with Crippen molar-refractivity contribution in [3.05, 3.63) is 24.3 Å². The molecule has 2 N–H and O–H groups in total. The third-order valence-electron chi connectivity index (χ3n) is 7.25. The van der Waals surface area contributed by atoms with E-state index in [4.69, 9.17) is 14.2 Å². The lowest BCUT2D eigenvalue weighted by Gasteiger charge is -2.37. The molecule has 3 fully saturated rings. The molecule has 9 heteroatoms. The van der Waals surface area contributed by atoms with Gasteiger partial charge in [0.2, 0.25) is 11.8 Å². The number of nitrogens with zero attached hydrogens (tertiary/aromatic N) is 1. The molecule has 2 amide bonds. The van der Waals surface area contributed by atoms with E-state index in [-0.39, 0.29) is 25.0 Å². The number of nitrogens with one attached hydrogen (secondary N) is 1. The topological polar surface area (TPSA) is 114 Å². The summed E-state index contributed by atoms with van der Waals surface area (Å²) in [6.07, 6.45) is 1.12. The van der Waals surface area contributed by atoms with Crippen molar-refractivity contribution in [1.82, 2.24) is 4.90 Å². The van der Waals surface area contributed by atoms with Crippen LogP contribution in [-0.2, 0) is 23.9 Å². The van der Waals surface area contributed by atoms with Crippen LogP contribution < -0.4 is 10.1 Å². The van der Waals surface area contributed by atoms with Gasteiger partial charge in [-0.1, -0.05) is 13.8 Å². The summed E-state index contributed by atoms with van der Waals surface area (Å²) in [7, 11) is 1.56. The number of hydrogen-bond donors (Lipinski definition) is 2. The van der Waals surface area contributed by atoms with E-state index in [2.05, 4.69) is 5.32 Å². The number of amides is 2. The van der Waals surface area contributed by atoms with Gasteiger partial charge in [-0.05, 0) is 56.4 Å². The summed E-state index contributed by atoms with van der Waals surface area (Å²) in [5.74, 6) is -1.90. The summed E-state index contributed by atoms with van der Waals surface area (Å²) in [4.78, 5) is 41.9. The maximum absolute atomic E-state index is 13.9. The molecular formula is C25H34N2O7. The fraction of sp³-hybridized carbons (Fsp3) is 0.640. The fourth-order valence-electron chi connectivity index (χ4n) is 6.00. The Morgan fingerprint density at radius 2 is 2.00 bits per heavy atom. The van der Waals surface area contributed by atoms with Crippen molar-refractivity contribution >= 4 is 23.5 Å². The number of methoxy groups -OCH3 is 1. The standard InChI is InChI=1S/C25H34N2O7/c1-5-33-24(31)19-18-10-11-25(34-18)20(19)23(30)27(16(13-28)12-14(2)3)21(25)22(29)26-15-6-8-17(32-4)9-7-15/h6-9,14,16,18-21,28H,5,10-13H2,1-4H3,(H,26,29)/t16-,18-,19+,20+,21-,25+/m1/s1. The number of rotatable bonds is 9. The van der Waals surface area contributed by atoms with E-state index in [1.807, 2.05) is 13.8 Å². The molecule has 3 aliphatic heterocycles. The van der Waals surface area contributed by atoms with Crippen molar-refractivity contribution in [2.75, 3.05) is 25.6 Å². The second-order valence-corrected chi connectivity index (χ2v) is 9.74. The molecule has 2 bridgehead atoms. The molecule has 1 aromatic rings. The molecule has 1 aromatic carbocycles. The summed E-state index contributed by atoms with van der Waals surface area (Å²) >= 11 is 0. The average Bonchev–Trinajstić information content (AvgIpc) is 3.45. The number of esters is 1. The maximum Gasteiger partial charge on any atom is 0.312 e. The number of carbonyl (C=O) groups excluding carboxylic acids is 3. The van der Waals surface area contributed by atoms with E-state index >= 15 is 0 Å². The van der Waals surface area contributed by atoms with E-state index in [1.54, 1.807) is 38.3 Å². The summed E-state index contributed by atoms with van der Waals surface area (Å²) in [5.41, 5.74) is -0.572. The van der Waals surface area contributed by atoms with Crippen molar-refractivity contribution in [3.63, 3.8) is 0 Å². The lowest BCUT2D eigenvalue weighted by molar-refractivity contribution is -0.155. The molecule has 3 aliphatic rings. The number of aliphatic hydroxyl groups is 1. The summed E-state index contributed by atoms with van der Waals surface area (Å²) < 4.78 is 16.8. The second-order valence-electron chi connectivity index (χ2n) is 9.74. The van der Waals surface area contributed by atoms with E-state index in [0.717, 1.165) is 0 Å². The molecule has 0 unspecified atom stereocenters. The van der Waals surface area contributed by atoms with Crippen LogP contribution in [0.2, 0.25) is 0 Å². The van der Waals surface area contributed by atoms with Crippen LogP contribution in [0.25, 0.3) is 0 Å². The SMILES string of the molecule is CCOC(=O)[C@@H]1[C@H]2C(=O)N([C@@H](CO)CC(C)C)[C@H](C(=O)Nc3ccc(OC)cc3)[C@]23CC[C@H]1O3. The molecule has 6 atom stereocenters. The van der Waals surface area contributed by atoms with Gasteiger partial charge in [0, 0.05) is 5.69 Å². The van der Waals surface area contributed by atoms with Gasteiger partial charge in [-0.3, -0.25) is 14.4 Å². The maximum atomic E-state index is 13.9. The number of aliphatic hydroxyl groups excluding tert-OH is 1. The zero-order valence-electron chi connectivity index (χ0n) is 20.2.